The molecule has 0 unspecified atom stereocenters. The summed E-state index contributed by atoms with van der Waals surface area (Å²) >= 11 is 2.50. The number of hydrogen-bond acceptors (Lipinski definition) is 7. The molecule has 3 rings (SSSR count). The highest BCUT2D eigenvalue weighted by atomic mass is 32.2. The molecule has 0 spiro atoms. The van der Waals surface area contributed by atoms with Gasteiger partial charge < -0.3 is 15.4 Å². The zero-order valence-electron chi connectivity index (χ0n) is 15.8. The van der Waals surface area contributed by atoms with Gasteiger partial charge in [0.1, 0.15) is 5.75 Å². The Morgan fingerprint density at radius 1 is 1.00 bits per heavy atom. The number of hydrogen-bond donors (Lipinski definition) is 2. The molecule has 0 radical (unpaired) electrons. The van der Waals surface area contributed by atoms with Gasteiger partial charge in [-0.25, -0.2) is 0 Å². The second-order valence-electron chi connectivity index (χ2n) is 5.85. The van der Waals surface area contributed by atoms with Crippen molar-refractivity contribution >= 4 is 45.7 Å². The molecule has 0 aliphatic carbocycles. The van der Waals surface area contributed by atoms with E-state index in [0.29, 0.717) is 27.5 Å². The Bertz CT molecular complexity index is 963. The fourth-order valence-corrected chi connectivity index (χ4v) is 4.00. The van der Waals surface area contributed by atoms with Gasteiger partial charge in [-0.2, -0.15) is 0 Å². The van der Waals surface area contributed by atoms with E-state index in [9.17, 15) is 9.59 Å². The standard InChI is InChI=1S/C20H20N4O3S2/c1-2-27-16-11-7-6-10-15(16)21-18(26)13-28-20-24-23-19(29-20)22-17(25)12-14-8-4-3-5-9-14/h3-11H,2,12-13H2,1H3,(H,21,26)(H,22,23,25). The number of anilines is 2. The van der Waals surface area contributed by atoms with Gasteiger partial charge in [0.2, 0.25) is 16.9 Å². The molecule has 2 amide bonds. The van der Waals surface area contributed by atoms with Crippen LogP contribution in [0.1, 0.15) is 12.5 Å². The Morgan fingerprint density at radius 2 is 1.76 bits per heavy atom. The van der Waals surface area contributed by atoms with Gasteiger partial charge in [0.05, 0.1) is 24.5 Å². The number of para-hydroxylation sites is 2. The molecule has 0 saturated carbocycles. The molecule has 2 aromatic carbocycles. The van der Waals surface area contributed by atoms with Crippen molar-refractivity contribution in [3.63, 3.8) is 0 Å². The van der Waals surface area contributed by atoms with E-state index in [-0.39, 0.29) is 24.0 Å². The van der Waals surface area contributed by atoms with Gasteiger partial charge in [0.15, 0.2) is 4.34 Å². The maximum absolute atomic E-state index is 12.2. The summed E-state index contributed by atoms with van der Waals surface area (Å²) in [7, 11) is 0. The Labute approximate surface area is 176 Å². The minimum absolute atomic E-state index is 0.158. The van der Waals surface area contributed by atoms with Crippen molar-refractivity contribution in [3.05, 3.63) is 60.2 Å². The molecule has 9 heteroatoms. The fourth-order valence-electron chi connectivity index (χ4n) is 2.43. The number of rotatable bonds is 9. The number of nitrogens with one attached hydrogen (secondary N) is 2. The lowest BCUT2D eigenvalue weighted by atomic mass is 10.1. The minimum atomic E-state index is -0.174. The van der Waals surface area contributed by atoms with E-state index in [1.54, 1.807) is 12.1 Å². The Hall–Kier alpha value is -2.91. The van der Waals surface area contributed by atoms with Gasteiger partial charge >= 0.3 is 0 Å². The zero-order valence-corrected chi connectivity index (χ0v) is 17.4. The molecular formula is C20H20N4O3S2. The third kappa shape index (κ3) is 6.58. The molecule has 1 aromatic heterocycles. The highest BCUT2D eigenvalue weighted by Crippen LogP contribution is 2.27. The Kier molecular flexibility index (Phi) is 7.60. The number of ether oxygens (including phenoxy) is 1. The summed E-state index contributed by atoms with van der Waals surface area (Å²) in [6.45, 7) is 2.41. The van der Waals surface area contributed by atoms with E-state index in [1.165, 1.54) is 23.1 Å². The lowest BCUT2D eigenvalue weighted by molar-refractivity contribution is -0.115. The second kappa shape index (κ2) is 10.6. The zero-order chi connectivity index (χ0) is 20.5. The molecule has 3 aromatic rings. The Balaban J connectivity index is 1.47. The molecule has 0 bridgehead atoms. The van der Waals surface area contributed by atoms with Crippen LogP contribution in [0.5, 0.6) is 5.75 Å². The van der Waals surface area contributed by atoms with Gasteiger partial charge in [-0.1, -0.05) is 65.6 Å². The SMILES string of the molecule is CCOc1ccccc1NC(=O)CSc1nnc(NC(=O)Cc2ccccc2)s1. The van der Waals surface area contributed by atoms with Crippen LogP contribution in [0.2, 0.25) is 0 Å². The summed E-state index contributed by atoms with van der Waals surface area (Å²) in [5.74, 6) is 0.474. The van der Waals surface area contributed by atoms with E-state index in [4.69, 9.17) is 4.74 Å². The summed E-state index contributed by atoms with van der Waals surface area (Å²) in [6.07, 6.45) is 0.268. The maximum atomic E-state index is 12.2. The van der Waals surface area contributed by atoms with Crippen molar-refractivity contribution in [3.8, 4) is 5.75 Å². The van der Waals surface area contributed by atoms with Crippen LogP contribution in [0, 0.1) is 0 Å². The number of nitrogens with zero attached hydrogens (tertiary/aromatic N) is 2. The van der Waals surface area contributed by atoms with Crippen LogP contribution in [0.25, 0.3) is 0 Å². The van der Waals surface area contributed by atoms with Gasteiger partial charge in [-0.15, -0.1) is 10.2 Å². The van der Waals surface area contributed by atoms with Crippen molar-refractivity contribution in [1.29, 1.82) is 0 Å². The van der Waals surface area contributed by atoms with E-state index in [2.05, 4.69) is 20.8 Å². The van der Waals surface area contributed by atoms with Gasteiger partial charge in [0, 0.05) is 0 Å². The average Bonchev–Trinajstić information content (AvgIpc) is 3.16. The van der Waals surface area contributed by atoms with Crippen LogP contribution in [0.4, 0.5) is 10.8 Å². The highest BCUT2D eigenvalue weighted by molar-refractivity contribution is 8.01. The van der Waals surface area contributed by atoms with Crippen LogP contribution < -0.4 is 15.4 Å². The van der Waals surface area contributed by atoms with E-state index in [1.807, 2.05) is 49.4 Å². The maximum Gasteiger partial charge on any atom is 0.234 e. The first-order valence-corrected chi connectivity index (χ1v) is 10.8. The fraction of sp³-hybridized carbons (Fsp3) is 0.200. The van der Waals surface area contributed by atoms with Crippen molar-refractivity contribution in [1.82, 2.24) is 10.2 Å². The number of benzene rings is 2. The van der Waals surface area contributed by atoms with E-state index in [0.717, 1.165) is 5.56 Å². The average molecular weight is 429 g/mol. The Morgan fingerprint density at radius 3 is 2.55 bits per heavy atom. The number of aromatic nitrogens is 2. The van der Waals surface area contributed by atoms with Crippen molar-refractivity contribution < 1.29 is 14.3 Å². The monoisotopic (exact) mass is 428 g/mol. The van der Waals surface area contributed by atoms with Crippen LogP contribution in [0.3, 0.4) is 0 Å². The summed E-state index contributed by atoms with van der Waals surface area (Å²) in [4.78, 5) is 24.3. The highest BCUT2D eigenvalue weighted by Gasteiger charge is 2.12. The molecular weight excluding hydrogens is 408 g/mol. The predicted molar refractivity (Wildman–Crippen MR) is 116 cm³/mol. The minimum Gasteiger partial charge on any atom is -0.492 e. The van der Waals surface area contributed by atoms with Crippen LogP contribution in [-0.2, 0) is 16.0 Å². The first-order valence-electron chi connectivity index (χ1n) is 8.96. The summed E-state index contributed by atoms with van der Waals surface area (Å²) in [6, 6.07) is 16.7. The summed E-state index contributed by atoms with van der Waals surface area (Å²) in [5.41, 5.74) is 1.55. The largest absolute Gasteiger partial charge is 0.492 e. The van der Waals surface area contributed by atoms with Crippen molar-refractivity contribution in [2.75, 3.05) is 23.0 Å². The lowest BCUT2D eigenvalue weighted by Gasteiger charge is -2.10. The molecule has 150 valence electrons. The number of carbonyl (C=O) groups is 2. The van der Waals surface area contributed by atoms with Crippen LogP contribution >= 0.6 is 23.1 Å². The second-order valence-corrected chi connectivity index (χ2v) is 8.05. The number of thioether (sulfide) groups is 1. The normalized spacial score (nSPS) is 10.4. The number of carbonyl (C=O) groups excluding carboxylic acids is 2. The summed E-state index contributed by atoms with van der Waals surface area (Å²) in [5, 5.41) is 14.0. The molecule has 7 nitrogen and oxygen atoms in total. The van der Waals surface area contributed by atoms with Gasteiger partial charge in [0.25, 0.3) is 0 Å². The van der Waals surface area contributed by atoms with Crippen molar-refractivity contribution in [2.45, 2.75) is 17.7 Å². The van der Waals surface area contributed by atoms with Crippen molar-refractivity contribution in [2.24, 2.45) is 0 Å². The first-order chi connectivity index (χ1) is 14.1. The smallest absolute Gasteiger partial charge is 0.234 e. The van der Waals surface area contributed by atoms with E-state index >= 15 is 0 Å². The first kappa shape index (κ1) is 20.8. The third-order valence-corrected chi connectivity index (χ3v) is 5.62. The molecule has 0 aliphatic heterocycles. The predicted octanol–water partition coefficient (Wildman–Crippen LogP) is 3.85. The molecule has 1 heterocycles. The van der Waals surface area contributed by atoms with Crippen LogP contribution in [0.15, 0.2) is 58.9 Å². The molecule has 0 saturated heterocycles. The van der Waals surface area contributed by atoms with E-state index < -0.39 is 0 Å². The number of amides is 2. The third-order valence-electron chi connectivity index (χ3n) is 3.65. The molecule has 2 N–H and O–H groups in total. The van der Waals surface area contributed by atoms with Crippen LogP contribution in [-0.4, -0.2) is 34.4 Å². The molecule has 0 fully saturated rings. The molecule has 0 atom stereocenters. The van der Waals surface area contributed by atoms with Gasteiger partial charge in [-0.05, 0) is 24.6 Å². The topological polar surface area (TPSA) is 93.2 Å². The summed E-state index contributed by atoms with van der Waals surface area (Å²) < 4.78 is 6.11. The quantitative estimate of drug-likeness (QED) is 0.397. The van der Waals surface area contributed by atoms with Gasteiger partial charge in [-0.3, -0.25) is 9.59 Å². The lowest BCUT2D eigenvalue weighted by Crippen LogP contribution is -2.14. The molecule has 29 heavy (non-hydrogen) atoms. The molecule has 0 aliphatic rings.